The summed E-state index contributed by atoms with van der Waals surface area (Å²) in [7, 11) is 7.59. The van der Waals surface area contributed by atoms with Crippen LogP contribution in [0, 0.1) is 29.1 Å². The second-order valence-electron chi connectivity index (χ2n) is 16.9. The lowest BCUT2D eigenvalue weighted by Gasteiger charge is -2.37. The number of carbonyl (C=O) groups excluding carboxylic acids is 1. The van der Waals surface area contributed by atoms with Crippen LogP contribution in [0.1, 0.15) is 109 Å². The van der Waals surface area contributed by atoms with Crippen LogP contribution in [0.5, 0.6) is 0 Å². The predicted octanol–water partition coefficient (Wildman–Crippen LogP) is 5.78. The minimum absolute atomic E-state index is 0.0360. The number of aliphatic hydroxyl groups excluding tert-OH is 1. The number of rotatable bonds is 12. The van der Waals surface area contributed by atoms with Gasteiger partial charge in [-0.25, -0.2) is 0 Å². The van der Waals surface area contributed by atoms with Gasteiger partial charge < -0.3 is 24.6 Å². The Morgan fingerprint density at radius 2 is 1.70 bits per heavy atom. The van der Waals surface area contributed by atoms with E-state index in [1.807, 2.05) is 30.0 Å². The van der Waals surface area contributed by atoms with E-state index < -0.39 is 11.6 Å². The minimum Gasteiger partial charge on any atom is -0.424 e. The molecule has 2 heterocycles. The number of aliphatic hydroxyl groups is 1. The molecule has 2 saturated carbocycles. The van der Waals surface area contributed by atoms with Crippen molar-refractivity contribution in [3.63, 3.8) is 0 Å². The zero-order valence-electron chi connectivity index (χ0n) is 32.4. The number of likely N-dealkylation sites (tertiary alicyclic amines) is 1. The van der Waals surface area contributed by atoms with Crippen molar-refractivity contribution in [2.75, 3.05) is 34.7 Å². The van der Waals surface area contributed by atoms with Gasteiger partial charge in [0, 0.05) is 64.5 Å². The third-order valence-electron chi connectivity index (χ3n) is 12.7. The van der Waals surface area contributed by atoms with Gasteiger partial charge in [0.2, 0.25) is 11.8 Å². The summed E-state index contributed by atoms with van der Waals surface area (Å²) in [5, 5.41) is 34.5. The molecule has 282 valence electrons. The van der Waals surface area contributed by atoms with Crippen LogP contribution in [-0.2, 0) is 24.7 Å². The molecule has 6 atom stereocenters. The first kappa shape index (κ1) is 37.3. The molecule has 2 N–H and O–H groups in total. The van der Waals surface area contributed by atoms with E-state index in [2.05, 4.69) is 62.1 Å². The molecule has 0 bridgehead atoms. The zero-order chi connectivity index (χ0) is 37.6. The molecular weight excluding hydrogens is 663 g/mol. The Hall–Kier alpha value is -4.04. The molecular formula is C43H57N7O3. The molecule has 1 aromatic heterocycles. The summed E-state index contributed by atoms with van der Waals surface area (Å²) < 4.78 is 6.87. The molecule has 10 heteroatoms. The van der Waals surface area contributed by atoms with E-state index in [1.165, 1.54) is 31.2 Å². The van der Waals surface area contributed by atoms with Crippen molar-refractivity contribution < 1.29 is 14.3 Å². The van der Waals surface area contributed by atoms with Crippen LogP contribution in [0.15, 0.2) is 47.4 Å². The molecule has 0 spiro atoms. The van der Waals surface area contributed by atoms with E-state index in [0.29, 0.717) is 48.2 Å². The number of carbonyl (C=O) groups is 1. The molecule has 10 nitrogen and oxygen atoms in total. The maximum Gasteiger partial charge on any atom is 0.253 e. The van der Waals surface area contributed by atoms with E-state index in [0.717, 1.165) is 66.0 Å². The summed E-state index contributed by atoms with van der Waals surface area (Å²) in [5.74, 6) is 3.01. The summed E-state index contributed by atoms with van der Waals surface area (Å²) in [4.78, 5) is 18.9. The summed E-state index contributed by atoms with van der Waals surface area (Å²) >= 11 is 0. The molecule has 1 aliphatic heterocycles. The highest BCUT2D eigenvalue weighted by Crippen LogP contribution is 2.50. The van der Waals surface area contributed by atoms with Gasteiger partial charge in [0.1, 0.15) is 17.7 Å². The normalized spacial score (nSPS) is 27.4. The molecule has 1 saturated heterocycles. The zero-order valence-corrected chi connectivity index (χ0v) is 32.4. The molecule has 1 amide bonds. The average molecular weight is 720 g/mol. The fourth-order valence-electron chi connectivity index (χ4n) is 9.48. The van der Waals surface area contributed by atoms with Gasteiger partial charge in [0.15, 0.2) is 0 Å². The Kier molecular flexibility index (Phi) is 10.6. The largest absolute Gasteiger partial charge is 0.424 e. The summed E-state index contributed by atoms with van der Waals surface area (Å²) in [6, 6.07) is 15.1. The number of nitrogens with zero attached hydrogens (tertiary/aromatic N) is 6. The lowest BCUT2D eigenvalue weighted by Crippen LogP contribution is -2.49. The van der Waals surface area contributed by atoms with Gasteiger partial charge in [-0.05, 0) is 116 Å². The van der Waals surface area contributed by atoms with Gasteiger partial charge in [-0.15, -0.1) is 10.2 Å². The number of piperidine rings is 1. The Labute approximate surface area is 315 Å². The van der Waals surface area contributed by atoms with Crippen molar-refractivity contribution in [3.05, 3.63) is 88.1 Å². The second-order valence-corrected chi connectivity index (χ2v) is 16.9. The highest BCUT2D eigenvalue weighted by Gasteiger charge is 2.54. The molecule has 4 aliphatic rings. The van der Waals surface area contributed by atoms with Crippen LogP contribution in [0.25, 0.3) is 5.70 Å². The number of aromatic nitrogens is 2. The first-order valence-electron chi connectivity index (χ1n) is 19.7. The molecule has 3 aliphatic carbocycles. The average Bonchev–Trinajstić information content (AvgIpc) is 3.61. The quantitative estimate of drug-likeness (QED) is 0.240. The van der Waals surface area contributed by atoms with Crippen LogP contribution < -0.4 is 5.32 Å². The van der Waals surface area contributed by atoms with Crippen LogP contribution in [-0.4, -0.2) is 95.0 Å². The number of aryl methyl sites for hydroxylation is 2. The summed E-state index contributed by atoms with van der Waals surface area (Å²) in [6.07, 6.45) is 8.80. The number of nitriles is 1. The highest BCUT2D eigenvalue weighted by atomic mass is 16.4. The Balaban J connectivity index is 1.31. The maximum atomic E-state index is 13.3. The van der Waals surface area contributed by atoms with Crippen LogP contribution in [0.3, 0.4) is 0 Å². The smallest absolute Gasteiger partial charge is 0.253 e. The van der Waals surface area contributed by atoms with E-state index >= 15 is 0 Å². The lowest BCUT2D eigenvalue weighted by atomic mass is 9.68. The Morgan fingerprint density at radius 3 is 2.34 bits per heavy atom. The summed E-state index contributed by atoms with van der Waals surface area (Å²) in [5.41, 5.74) is 6.24. The molecule has 3 unspecified atom stereocenters. The van der Waals surface area contributed by atoms with Crippen molar-refractivity contribution in [3.8, 4) is 6.07 Å². The molecule has 0 radical (unpaired) electrons. The number of nitrogens with one attached hydrogen (secondary N) is 1. The SMILES string of the molecule is C=C(c1ccc2c(c1)CCc1cc(C(=O)N(C)C)ccc1C2(C[C@@H](C)NCC(O)N1C(C#N)C[C@@H]2C[C@@H]21)c1nnc(CC2CCC(C)CC2)o1)N(C)C. The van der Waals surface area contributed by atoms with Gasteiger partial charge in [-0.1, -0.05) is 44.5 Å². The van der Waals surface area contributed by atoms with E-state index in [-0.39, 0.29) is 18.0 Å². The van der Waals surface area contributed by atoms with Crippen molar-refractivity contribution in [1.29, 1.82) is 5.26 Å². The third-order valence-corrected chi connectivity index (χ3v) is 12.7. The molecule has 3 aromatic rings. The van der Waals surface area contributed by atoms with Crippen molar-refractivity contribution in [1.82, 2.24) is 30.2 Å². The van der Waals surface area contributed by atoms with E-state index in [1.54, 1.807) is 19.0 Å². The summed E-state index contributed by atoms with van der Waals surface area (Å²) in [6.45, 7) is 9.20. The Morgan fingerprint density at radius 1 is 1.04 bits per heavy atom. The topological polar surface area (TPSA) is 122 Å². The van der Waals surface area contributed by atoms with Crippen LogP contribution in [0.4, 0.5) is 0 Å². The fraction of sp³-hybridized carbons (Fsp3) is 0.581. The van der Waals surface area contributed by atoms with Gasteiger partial charge >= 0.3 is 0 Å². The minimum atomic E-state index is -0.840. The maximum absolute atomic E-state index is 13.3. The number of hydrogen-bond donors (Lipinski definition) is 2. The van der Waals surface area contributed by atoms with E-state index in [9.17, 15) is 15.2 Å². The van der Waals surface area contributed by atoms with Gasteiger partial charge in [0.25, 0.3) is 5.91 Å². The molecule has 2 aromatic carbocycles. The van der Waals surface area contributed by atoms with Crippen molar-refractivity contribution >= 4 is 11.6 Å². The first-order valence-corrected chi connectivity index (χ1v) is 19.7. The monoisotopic (exact) mass is 719 g/mol. The second kappa shape index (κ2) is 15.0. The predicted molar refractivity (Wildman–Crippen MR) is 206 cm³/mol. The molecule has 7 rings (SSSR count). The lowest BCUT2D eigenvalue weighted by molar-refractivity contribution is -0.00688. The third kappa shape index (κ3) is 7.28. The van der Waals surface area contributed by atoms with Crippen LogP contribution >= 0.6 is 0 Å². The standard InChI is InChI=1S/C43H57N7O3/c1-26-8-10-29(11-9-26)18-39-46-47-42(53-39)43(23-27(2)45-25-40(51)50-35(24-44)21-34-22-38(34)50)36-16-14-30(28(3)48(4)5)19-31(36)12-13-32-20-33(15-17-37(32)43)41(52)49(6)7/h14-17,19-20,26-27,29,34-35,38,40,45,51H,3,8-13,18,21-23,25H2,1-2,4-7H3/t26?,27-,29?,34-,35?,38+,40?,43?/m1/s1. The number of amides is 1. The first-order chi connectivity index (χ1) is 25.4. The van der Waals surface area contributed by atoms with Gasteiger partial charge in [-0.2, -0.15) is 5.26 Å². The Bertz CT molecular complexity index is 1800. The molecule has 53 heavy (non-hydrogen) atoms. The van der Waals surface area contributed by atoms with Gasteiger partial charge in [-0.3, -0.25) is 9.69 Å². The number of hydrogen-bond acceptors (Lipinski definition) is 9. The van der Waals surface area contributed by atoms with Crippen molar-refractivity contribution in [2.24, 2.45) is 17.8 Å². The van der Waals surface area contributed by atoms with Gasteiger partial charge in [0.05, 0.1) is 6.07 Å². The van der Waals surface area contributed by atoms with E-state index in [4.69, 9.17) is 14.6 Å². The van der Waals surface area contributed by atoms with Crippen molar-refractivity contribution in [2.45, 2.75) is 108 Å². The fourth-order valence-corrected chi connectivity index (χ4v) is 9.48. The number of benzene rings is 2. The highest BCUT2D eigenvalue weighted by molar-refractivity contribution is 5.94. The number of fused-ring (bicyclic) bond motifs is 3. The molecule has 3 fully saturated rings. The van der Waals surface area contributed by atoms with Crippen LogP contribution in [0.2, 0.25) is 0 Å².